The Morgan fingerprint density at radius 3 is 2.73 bits per heavy atom. The van der Waals surface area contributed by atoms with E-state index in [1.165, 1.54) is 4.90 Å². The molecule has 0 bridgehead atoms. The Labute approximate surface area is 160 Å². The third-order valence-electron chi connectivity index (χ3n) is 4.65. The molecule has 26 heavy (non-hydrogen) atoms. The fourth-order valence-electron chi connectivity index (χ4n) is 3.37. The summed E-state index contributed by atoms with van der Waals surface area (Å²) in [6, 6.07) is 8.37. The Morgan fingerprint density at radius 1 is 1.27 bits per heavy atom. The highest BCUT2D eigenvalue weighted by molar-refractivity contribution is 7.98. The van der Waals surface area contributed by atoms with E-state index in [9.17, 15) is 0 Å². The van der Waals surface area contributed by atoms with Crippen molar-refractivity contribution in [2.45, 2.75) is 18.4 Å². The maximum Gasteiger partial charge on any atom is 0.226 e. The van der Waals surface area contributed by atoms with Crippen LogP contribution in [0.5, 0.6) is 0 Å². The summed E-state index contributed by atoms with van der Waals surface area (Å²) in [6.07, 6.45) is 2.08. The Morgan fingerprint density at radius 2 is 2.04 bits per heavy atom. The lowest BCUT2D eigenvalue weighted by Crippen LogP contribution is -2.34. The first-order valence-electron chi connectivity index (χ1n) is 9.10. The van der Waals surface area contributed by atoms with Gasteiger partial charge < -0.3 is 14.1 Å². The molecular weight excluding hydrogens is 346 g/mol. The lowest BCUT2D eigenvalue weighted by Gasteiger charge is -2.24. The van der Waals surface area contributed by atoms with Gasteiger partial charge in [-0.25, -0.2) is 4.98 Å². The molecule has 6 heteroatoms. The number of thioether (sulfide) groups is 1. The van der Waals surface area contributed by atoms with E-state index in [1.54, 1.807) is 11.8 Å². The summed E-state index contributed by atoms with van der Waals surface area (Å²) >= 11 is 1.74. The zero-order chi connectivity index (χ0) is 18.5. The lowest BCUT2D eigenvalue weighted by molar-refractivity contribution is 0.112. The van der Waals surface area contributed by atoms with Crippen LogP contribution in [-0.2, 0) is 11.3 Å². The van der Waals surface area contributed by atoms with Crippen LogP contribution in [0.2, 0.25) is 0 Å². The normalized spacial score (nSPS) is 19.0. The molecule has 1 aliphatic heterocycles. The fraction of sp³-hybridized carbons (Fsp3) is 0.550. The lowest BCUT2D eigenvalue weighted by atomic mass is 10.1. The second-order valence-electron chi connectivity index (χ2n) is 7.19. The van der Waals surface area contributed by atoms with E-state index in [1.807, 2.05) is 6.92 Å². The smallest absolute Gasteiger partial charge is 0.226 e. The minimum Gasteiger partial charge on any atom is -0.441 e. The number of nitrogens with zero attached hydrogens (tertiary/aromatic N) is 3. The summed E-state index contributed by atoms with van der Waals surface area (Å²) in [7, 11) is 4.23. The van der Waals surface area contributed by atoms with E-state index < -0.39 is 0 Å². The average Bonchev–Trinajstić information content (AvgIpc) is 2.84. The van der Waals surface area contributed by atoms with Crippen LogP contribution in [0.25, 0.3) is 11.5 Å². The molecule has 142 valence electrons. The molecule has 5 nitrogen and oxygen atoms in total. The Bertz CT molecular complexity index is 700. The van der Waals surface area contributed by atoms with Crippen LogP contribution in [0.15, 0.2) is 33.6 Å². The van der Waals surface area contributed by atoms with E-state index in [0.29, 0.717) is 11.8 Å². The van der Waals surface area contributed by atoms with Crippen LogP contribution >= 0.6 is 11.8 Å². The van der Waals surface area contributed by atoms with Gasteiger partial charge in [0.1, 0.15) is 5.76 Å². The van der Waals surface area contributed by atoms with Gasteiger partial charge in [-0.1, -0.05) is 0 Å². The Hall–Kier alpha value is -1.34. The number of benzene rings is 1. The topological polar surface area (TPSA) is 41.7 Å². The zero-order valence-corrected chi connectivity index (χ0v) is 17.0. The molecule has 0 saturated carbocycles. The largest absolute Gasteiger partial charge is 0.441 e. The average molecular weight is 376 g/mol. The molecule has 1 atom stereocenters. The SMILES string of the molecule is CSc1ccc(-c2nc(CN3CCOCC(CN(C)C)C3)c(C)o2)cc1. The minimum absolute atomic E-state index is 0.526. The number of rotatable bonds is 6. The van der Waals surface area contributed by atoms with Gasteiger partial charge in [-0.05, 0) is 51.5 Å². The van der Waals surface area contributed by atoms with Crippen LogP contribution in [0, 0.1) is 12.8 Å². The van der Waals surface area contributed by atoms with Crippen LogP contribution < -0.4 is 0 Å². The third-order valence-corrected chi connectivity index (χ3v) is 5.39. The molecule has 0 radical (unpaired) electrons. The predicted molar refractivity (Wildman–Crippen MR) is 107 cm³/mol. The number of oxazole rings is 1. The van der Waals surface area contributed by atoms with Crippen molar-refractivity contribution < 1.29 is 9.15 Å². The van der Waals surface area contributed by atoms with Gasteiger partial charge in [0.25, 0.3) is 0 Å². The maximum atomic E-state index is 5.95. The van der Waals surface area contributed by atoms with Crippen molar-refractivity contribution in [3.63, 3.8) is 0 Å². The highest BCUT2D eigenvalue weighted by Crippen LogP contribution is 2.25. The van der Waals surface area contributed by atoms with Crippen molar-refractivity contribution in [2.24, 2.45) is 5.92 Å². The van der Waals surface area contributed by atoms with E-state index in [4.69, 9.17) is 14.1 Å². The molecule has 3 rings (SSSR count). The third kappa shape index (κ3) is 5.10. The zero-order valence-electron chi connectivity index (χ0n) is 16.2. The van der Waals surface area contributed by atoms with Crippen molar-refractivity contribution in [3.05, 3.63) is 35.7 Å². The molecular formula is C20H29N3O2S. The predicted octanol–water partition coefficient (Wildman–Crippen LogP) is 3.38. The molecule has 1 unspecified atom stereocenters. The quantitative estimate of drug-likeness (QED) is 0.721. The van der Waals surface area contributed by atoms with Crippen molar-refractivity contribution in [1.29, 1.82) is 0 Å². The minimum atomic E-state index is 0.526. The summed E-state index contributed by atoms with van der Waals surface area (Å²) in [6.45, 7) is 7.44. The van der Waals surface area contributed by atoms with Crippen LogP contribution in [0.1, 0.15) is 11.5 Å². The standard InChI is InChI=1S/C20H29N3O2S/c1-15-19(13-23-9-10-24-14-16(12-23)11-22(2)3)21-20(25-15)17-5-7-18(26-4)8-6-17/h5-8,16H,9-14H2,1-4H3. The molecule has 1 saturated heterocycles. The van der Waals surface area contributed by atoms with Crippen molar-refractivity contribution in [2.75, 3.05) is 53.2 Å². The monoisotopic (exact) mass is 375 g/mol. The van der Waals surface area contributed by atoms with E-state index >= 15 is 0 Å². The van der Waals surface area contributed by atoms with Gasteiger partial charge in [-0.2, -0.15) is 0 Å². The first-order valence-corrected chi connectivity index (χ1v) is 10.3. The van der Waals surface area contributed by atoms with Crippen LogP contribution in [0.4, 0.5) is 0 Å². The van der Waals surface area contributed by atoms with Crippen molar-refractivity contribution in [1.82, 2.24) is 14.8 Å². The molecule has 1 aliphatic rings. The van der Waals surface area contributed by atoms with E-state index in [-0.39, 0.29) is 0 Å². The van der Waals surface area contributed by atoms with Crippen molar-refractivity contribution >= 4 is 11.8 Å². The summed E-state index contributed by atoms with van der Waals surface area (Å²) < 4.78 is 11.7. The van der Waals surface area contributed by atoms with Gasteiger partial charge in [0.2, 0.25) is 5.89 Å². The summed E-state index contributed by atoms with van der Waals surface area (Å²) in [5.74, 6) is 2.14. The van der Waals surface area contributed by atoms with Gasteiger partial charge in [0.15, 0.2) is 0 Å². The Kier molecular flexibility index (Phi) is 6.75. The first kappa shape index (κ1) is 19.4. The van der Waals surface area contributed by atoms with Crippen LogP contribution in [0.3, 0.4) is 0 Å². The summed E-state index contributed by atoms with van der Waals surface area (Å²) in [4.78, 5) is 10.7. The molecule has 0 aliphatic carbocycles. The second-order valence-corrected chi connectivity index (χ2v) is 8.07. The van der Waals surface area contributed by atoms with Gasteiger partial charge in [0, 0.05) is 42.6 Å². The molecule has 2 heterocycles. The number of aryl methyl sites for hydroxylation is 1. The van der Waals surface area contributed by atoms with Gasteiger partial charge in [0.05, 0.1) is 18.9 Å². The van der Waals surface area contributed by atoms with Gasteiger partial charge >= 0.3 is 0 Å². The number of hydrogen-bond donors (Lipinski definition) is 0. The number of hydrogen-bond acceptors (Lipinski definition) is 6. The van der Waals surface area contributed by atoms with E-state index in [2.05, 4.69) is 54.4 Å². The van der Waals surface area contributed by atoms with E-state index in [0.717, 1.165) is 56.4 Å². The molecule has 2 aromatic rings. The molecule has 0 N–H and O–H groups in total. The summed E-state index contributed by atoms with van der Waals surface area (Å²) in [5.41, 5.74) is 2.06. The number of ether oxygens (including phenoxy) is 1. The molecule has 1 aromatic heterocycles. The van der Waals surface area contributed by atoms with Crippen molar-refractivity contribution in [3.8, 4) is 11.5 Å². The van der Waals surface area contributed by atoms with Crippen LogP contribution in [-0.4, -0.2) is 68.0 Å². The second kappa shape index (κ2) is 9.04. The highest BCUT2D eigenvalue weighted by atomic mass is 32.2. The molecule has 1 fully saturated rings. The van der Waals surface area contributed by atoms with Gasteiger partial charge in [-0.3, -0.25) is 4.90 Å². The van der Waals surface area contributed by atoms with Gasteiger partial charge in [-0.15, -0.1) is 11.8 Å². The highest BCUT2D eigenvalue weighted by Gasteiger charge is 2.21. The maximum absolute atomic E-state index is 5.95. The summed E-state index contributed by atoms with van der Waals surface area (Å²) in [5, 5.41) is 0. The molecule has 1 aromatic carbocycles. The fourth-order valence-corrected chi connectivity index (χ4v) is 3.78. The number of aromatic nitrogens is 1. The molecule has 0 amide bonds. The molecule has 0 spiro atoms. The Balaban J connectivity index is 1.70. The first-order chi connectivity index (χ1) is 12.5.